The number of fused-ring (bicyclic) bond motifs is 1. The zero-order chi connectivity index (χ0) is 13.4. The number of carbonyl (C=O) groups is 1. The lowest BCUT2D eigenvalue weighted by Gasteiger charge is -2.30. The molecule has 0 unspecified atom stereocenters. The van der Waals surface area contributed by atoms with Gasteiger partial charge in [-0.05, 0) is 34.1 Å². The molecule has 0 atom stereocenters. The van der Waals surface area contributed by atoms with E-state index in [2.05, 4.69) is 21.0 Å². The second-order valence-electron chi connectivity index (χ2n) is 4.23. The Labute approximate surface area is 118 Å². The van der Waals surface area contributed by atoms with E-state index >= 15 is 0 Å². The Kier molecular flexibility index (Phi) is 3.02. The molecule has 1 aliphatic rings. The molecule has 1 amide bonds. The van der Waals surface area contributed by atoms with E-state index in [1.54, 1.807) is 28.9 Å². The van der Waals surface area contributed by atoms with E-state index in [1.807, 2.05) is 18.2 Å². The standard InChI is InChI=1S/C13H12BrN3O2/c1-16-11(5-6-15-16)13(18)17-7-8-19-12-9(14)3-2-4-10(12)17/h2-6H,7-8H2,1H3. The maximum atomic E-state index is 12.5. The molecule has 6 heteroatoms. The van der Waals surface area contributed by atoms with Crippen LogP contribution in [0, 0.1) is 0 Å². The van der Waals surface area contributed by atoms with Crippen LogP contribution in [0.4, 0.5) is 5.69 Å². The molecule has 3 rings (SSSR count). The molecule has 0 aliphatic carbocycles. The van der Waals surface area contributed by atoms with Crippen LogP contribution in [0.2, 0.25) is 0 Å². The number of halogens is 1. The fourth-order valence-corrected chi connectivity index (χ4v) is 2.62. The summed E-state index contributed by atoms with van der Waals surface area (Å²) in [5.41, 5.74) is 1.35. The Bertz CT molecular complexity index is 639. The molecule has 19 heavy (non-hydrogen) atoms. The number of ether oxygens (including phenoxy) is 1. The van der Waals surface area contributed by atoms with E-state index in [0.29, 0.717) is 24.6 Å². The van der Waals surface area contributed by atoms with Gasteiger partial charge in [0.1, 0.15) is 12.3 Å². The summed E-state index contributed by atoms with van der Waals surface area (Å²) in [6.07, 6.45) is 1.62. The van der Waals surface area contributed by atoms with E-state index in [1.165, 1.54) is 0 Å². The number of hydrogen-bond acceptors (Lipinski definition) is 3. The third kappa shape index (κ3) is 2.02. The summed E-state index contributed by atoms with van der Waals surface area (Å²) in [6.45, 7) is 1.02. The van der Waals surface area contributed by atoms with Crippen molar-refractivity contribution >= 4 is 27.5 Å². The van der Waals surface area contributed by atoms with Gasteiger partial charge in [0.05, 0.1) is 16.7 Å². The van der Waals surface area contributed by atoms with Crippen LogP contribution in [0.5, 0.6) is 5.75 Å². The maximum absolute atomic E-state index is 12.5. The van der Waals surface area contributed by atoms with E-state index in [4.69, 9.17) is 4.74 Å². The molecule has 0 bridgehead atoms. The predicted molar refractivity (Wildman–Crippen MR) is 74.5 cm³/mol. The van der Waals surface area contributed by atoms with Crippen molar-refractivity contribution in [1.29, 1.82) is 0 Å². The van der Waals surface area contributed by atoms with Crippen molar-refractivity contribution in [2.45, 2.75) is 0 Å². The average molecular weight is 322 g/mol. The molecular weight excluding hydrogens is 310 g/mol. The first-order valence-electron chi connectivity index (χ1n) is 5.89. The van der Waals surface area contributed by atoms with E-state index in [9.17, 15) is 4.79 Å². The normalized spacial score (nSPS) is 13.9. The highest BCUT2D eigenvalue weighted by molar-refractivity contribution is 9.10. The van der Waals surface area contributed by atoms with Crippen molar-refractivity contribution < 1.29 is 9.53 Å². The minimum atomic E-state index is -0.0670. The molecule has 2 heterocycles. The minimum Gasteiger partial charge on any atom is -0.488 e. The number of nitrogens with zero attached hydrogens (tertiary/aromatic N) is 3. The number of amides is 1. The average Bonchev–Trinajstić information content (AvgIpc) is 2.84. The highest BCUT2D eigenvalue weighted by Crippen LogP contribution is 2.38. The molecule has 2 aromatic rings. The molecule has 1 aliphatic heterocycles. The SMILES string of the molecule is Cn1nccc1C(=O)N1CCOc2c(Br)cccc21. The van der Waals surface area contributed by atoms with Crippen molar-refractivity contribution in [3.63, 3.8) is 0 Å². The summed E-state index contributed by atoms with van der Waals surface area (Å²) < 4.78 is 8.05. The monoisotopic (exact) mass is 321 g/mol. The summed E-state index contributed by atoms with van der Waals surface area (Å²) in [6, 6.07) is 7.39. The first kappa shape index (κ1) is 12.2. The summed E-state index contributed by atoms with van der Waals surface area (Å²) in [5, 5.41) is 4.03. The van der Waals surface area contributed by atoms with Gasteiger partial charge in [-0.3, -0.25) is 9.48 Å². The lowest BCUT2D eigenvalue weighted by molar-refractivity contribution is 0.0967. The summed E-state index contributed by atoms with van der Waals surface area (Å²) in [7, 11) is 1.76. The quantitative estimate of drug-likeness (QED) is 0.809. The van der Waals surface area contributed by atoms with Gasteiger partial charge < -0.3 is 9.64 Å². The second kappa shape index (κ2) is 4.70. The fourth-order valence-electron chi connectivity index (χ4n) is 2.15. The van der Waals surface area contributed by atoms with Crippen molar-refractivity contribution in [2.24, 2.45) is 7.05 Å². The Morgan fingerprint density at radius 2 is 2.26 bits per heavy atom. The first-order chi connectivity index (χ1) is 9.18. The van der Waals surface area contributed by atoms with Gasteiger partial charge in [-0.1, -0.05) is 6.07 Å². The Balaban J connectivity index is 2.03. The minimum absolute atomic E-state index is 0.0670. The largest absolute Gasteiger partial charge is 0.488 e. The molecule has 98 valence electrons. The number of benzene rings is 1. The zero-order valence-electron chi connectivity index (χ0n) is 10.3. The zero-order valence-corrected chi connectivity index (χ0v) is 11.9. The van der Waals surface area contributed by atoms with Crippen LogP contribution in [0.25, 0.3) is 0 Å². The van der Waals surface area contributed by atoms with Gasteiger partial charge in [-0.2, -0.15) is 5.10 Å². The lowest BCUT2D eigenvalue weighted by atomic mass is 10.2. The van der Waals surface area contributed by atoms with E-state index < -0.39 is 0 Å². The summed E-state index contributed by atoms with van der Waals surface area (Å²) in [4.78, 5) is 14.3. The molecule has 0 fully saturated rings. The van der Waals surface area contributed by atoms with Crippen LogP contribution < -0.4 is 9.64 Å². The number of anilines is 1. The molecule has 0 radical (unpaired) electrons. The molecule has 0 N–H and O–H groups in total. The number of rotatable bonds is 1. The number of carbonyl (C=O) groups excluding carboxylic acids is 1. The Hall–Kier alpha value is -1.82. The van der Waals surface area contributed by atoms with Gasteiger partial charge in [-0.15, -0.1) is 0 Å². The Morgan fingerprint density at radius 3 is 3.00 bits per heavy atom. The third-order valence-corrected chi connectivity index (χ3v) is 3.71. The van der Waals surface area contributed by atoms with Crippen LogP contribution in [0.3, 0.4) is 0 Å². The number of aromatic nitrogens is 2. The lowest BCUT2D eigenvalue weighted by Crippen LogP contribution is -2.38. The number of para-hydroxylation sites is 1. The highest BCUT2D eigenvalue weighted by atomic mass is 79.9. The van der Waals surface area contributed by atoms with Crippen molar-refractivity contribution in [2.75, 3.05) is 18.1 Å². The van der Waals surface area contributed by atoms with E-state index in [0.717, 1.165) is 10.2 Å². The summed E-state index contributed by atoms with van der Waals surface area (Å²) >= 11 is 3.44. The van der Waals surface area contributed by atoms with Gasteiger partial charge in [0, 0.05) is 13.2 Å². The van der Waals surface area contributed by atoms with Gasteiger partial charge >= 0.3 is 0 Å². The molecule has 5 nitrogen and oxygen atoms in total. The second-order valence-corrected chi connectivity index (χ2v) is 5.09. The summed E-state index contributed by atoms with van der Waals surface area (Å²) in [5.74, 6) is 0.645. The number of aryl methyl sites for hydroxylation is 1. The van der Waals surface area contributed by atoms with E-state index in [-0.39, 0.29) is 5.91 Å². The van der Waals surface area contributed by atoms with Crippen LogP contribution in [-0.4, -0.2) is 28.8 Å². The van der Waals surface area contributed by atoms with Crippen LogP contribution in [0.1, 0.15) is 10.5 Å². The van der Waals surface area contributed by atoms with Crippen LogP contribution >= 0.6 is 15.9 Å². The molecule has 1 aromatic carbocycles. The highest BCUT2D eigenvalue weighted by Gasteiger charge is 2.27. The molecule has 0 saturated carbocycles. The van der Waals surface area contributed by atoms with Crippen molar-refractivity contribution in [3.05, 3.63) is 40.6 Å². The van der Waals surface area contributed by atoms with Gasteiger partial charge in [-0.25, -0.2) is 0 Å². The molecule has 1 aromatic heterocycles. The maximum Gasteiger partial charge on any atom is 0.276 e. The van der Waals surface area contributed by atoms with Crippen LogP contribution in [-0.2, 0) is 7.05 Å². The van der Waals surface area contributed by atoms with Gasteiger partial charge in [0.2, 0.25) is 0 Å². The smallest absolute Gasteiger partial charge is 0.276 e. The van der Waals surface area contributed by atoms with Gasteiger partial charge in [0.25, 0.3) is 5.91 Å². The third-order valence-electron chi connectivity index (χ3n) is 3.08. The molecule has 0 spiro atoms. The van der Waals surface area contributed by atoms with Gasteiger partial charge in [0.15, 0.2) is 5.75 Å². The fraction of sp³-hybridized carbons (Fsp3) is 0.231. The van der Waals surface area contributed by atoms with Crippen molar-refractivity contribution in [3.8, 4) is 5.75 Å². The first-order valence-corrected chi connectivity index (χ1v) is 6.69. The molecule has 0 saturated heterocycles. The van der Waals surface area contributed by atoms with Crippen molar-refractivity contribution in [1.82, 2.24) is 9.78 Å². The van der Waals surface area contributed by atoms with Crippen LogP contribution in [0.15, 0.2) is 34.9 Å². The topological polar surface area (TPSA) is 47.4 Å². The molecular formula is C13H12BrN3O2. The predicted octanol–water partition coefficient (Wildman–Crippen LogP) is 2.22. The number of hydrogen-bond donors (Lipinski definition) is 0. The Morgan fingerprint density at radius 1 is 1.42 bits per heavy atom.